The van der Waals surface area contributed by atoms with Crippen molar-refractivity contribution in [3.63, 3.8) is 0 Å². The van der Waals surface area contributed by atoms with Gasteiger partial charge in [-0.05, 0) is 67.4 Å². The van der Waals surface area contributed by atoms with Gasteiger partial charge in [0.25, 0.3) is 10.1 Å². The molecule has 0 amide bonds. The summed E-state index contributed by atoms with van der Waals surface area (Å²) in [4.78, 5) is 5.63. The molecule has 0 atom stereocenters. The van der Waals surface area contributed by atoms with E-state index in [4.69, 9.17) is 32.7 Å². The number of aryl methyl sites for hydroxylation is 2. The van der Waals surface area contributed by atoms with E-state index in [0.29, 0.717) is 45.9 Å². The number of benzene rings is 2. The number of hydrogen-bond acceptors (Lipinski definition) is 8. The van der Waals surface area contributed by atoms with Crippen molar-refractivity contribution in [3.05, 3.63) is 51.2 Å². The zero-order chi connectivity index (χ0) is 26.8. The second-order valence-corrected chi connectivity index (χ2v) is 14.4. The van der Waals surface area contributed by atoms with Crippen molar-refractivity contribution in [2.24, 2.45) is 4.99 Å². The van der Waals surface area contributed by atoms with Crippen molar-refractivity contribution in [2.75, 3.05) is 11.5 Å². The largest absolute Gasteiger partial charge is 0.748 e. The van der Waals surface area contributed by atoms with Crippen LogP contribution < -0.4 is 9.37 Å². The maximum atomic E-state index is 11.1. The highest BCUT2D eigenvalue weighted by Gasteiger charge is 2.21. The van der Waals surface area contributed by atoms with E-state index in [1.807, 2.05) is 33.4 Å². The van der Waals surface area contributed by atoms with Gasteiger partial charge in [0.05, 0.1) is 37.3 Å². The first-order valence-corrected chi connectivity index (χ1v) is 16.8. The number of halogens is 2. The molecule has 0 bridgehead atoms. The summed E-state index contributed by atoms with van der Waals surface area (Å²) in [6.07, 6.45) is 1.47. The minimum Gasteiger partial charge on any atom is -0.748 e. The molecule has 2 aromatic carbocycles. The molecule has 4 rings (SSSR count). The summed E-state index contributed by atoms with van der Waals surface area (Å²) in [6.45, 7) is 0.909. The molecular formula is C22H23Cl2N3O6S4. The zero-order valence-corrected chi connectivity index (χ0v) is 24.1. The van der Waals surface area contributed by atoms with Crippen molar-refractivity contribution in [3.8, 4) is 0 Å². The normalized spacial score (nSPS) is 13.2. The maximum Gasteiger partial charge on any atom is 0.386 e. The number of fused-ring (bicyclic) bond motifs is 2. The van der Waals surface area contributed by atoms with Crippen molar-refractivity contribution < 1.29 is 30.5 Å². The van der Waals surface area contributed by atoms with Crippen molar-refractivity contribution >= 4 is 91.7 Å². The van der Waals surface area contributed by atoms with Gasteiger partial charge in [0, 0.05) is 33.4 Å². The van der Waals surface area contributed by atoms with Gasteiger partial charge >= 0.3 is 9.93 Å². The third-order valence-corrected chi connectivity index (χ3v) is 9.72. The van der Waals surface area contributed by atoms with Crippen LogP contribution in [0.3, 0.4) is 0 Å². The molecule has 1 N–H and O–H groups in total. The number of hydrogen-bond donors (Lipinski definition) is 1. The van der Waals surface area contributed by atoms with Gasteiger partial charge < -0.3 is 4.55 Å². The molecule has 2 heterocycles. The molecule has 4 aromatic rings. The predicted octanol–water partition coefficient (Wildman–Crippen LogP) is 4.74. The van der Waals surface area contributed by atoms with Crippen LogP contribution >= 0.6 is 45.9 Å². The highest BCUT2D eigenvalue weighted by atomic mass is 35.5. The van der Waals surface area contributed by atoms with Crippen LogP contribution in [0.25, 0.3) is 20.4 Å². The summed E-state index contributed by atoms with van der Waals surface area (Å²) in [5.74, 6) is -0.748. The fraction of sp³-hybridized carbons (Fsp3) is 0.364. The molecule has 0 aliphatic rings. The van der Waals surface area contributed by atoms with E-state index < -0.39 is 26.0 Å². The third-order valence-electron chi connectivity index (χ3n) is 5.54. The van der Waals surface area contributed by atoms with Crippen molar-refractivity contribution in [1.82, 2.24) is 4.57 Å². The second kappa shape index (κ2) is 11.7. The Balaban J connectivity index is 1.75. The lowest BCUT2D eigenvalue weighted by atomic mass is 10.3. The van der Waals surface area contributed by atoms with E-state index in [0.717, 1.165) is 20.4 Å². The van der Waals surface area contributed by atoms with Crippen LogP contribution in [-0.2, 0) is 33.3 Å². The van der Waals surface area contributed by atoms with Crippen LogP contribution in [0.2, 0.25) is 10.0 Å². The fourth-order valence-electron chi connectivity index (χ4n) is 3.87. The Labute approximate surface area is 232 Å². The highest BCUT2D eigenvalue weighted by molar-refractivity contribution is 7.85. The van der Waals surface area contributed by atoms with E-state index in [1.165, 1.54) is 22.7 Å². The lowest BCUT2D eigenvalue weighted by Crippen LogP contribution is -2.33. The Morgan fingerprint density at radius 3 is 2.30 bits per heavy atom. The molecule has 2 aromatic heterocycles. The van der Waals surface area contributed by atoms with Crippen molar-refractivity contribution in [1.29, 1.82) is 0 Å². The minimum absolute atomic E-state index is 0.228. The van der Waals surface area contributed by atoms with E-state index in [9.17, 15) is 21.4 Å². The summed E-state index contributed by atoms with van der Waals surface area (Å²) in [6, 6.07) is 11.0. The molecule has 9 nitrogen and oxygen atoms in total. The van der Waals surface area contributed by atoms with E-state index in [-0.39, 0.29) is 18.6 Å². The maximum absolute atomic E-state index is 11.1. The molecule has 15 heteroatoms. The second-order valence-electron chi connectivity index (χ2n) is 8.37. The summed E-state index contributed by atoms with van der Waals surface area (Å²) in [5.41, 5.74) is 1.71. The summed E-state index contributed by atoms with van der Waals surface area (Å²) < 4.78 is 70.2. The quantitative estimate of drug-likeness (QED) is 0.146. The predicted molar refractivity (Wildman–Crippen MR) is 147 cm³/mol. The number of unbranched alkanes of at least 4 members (excludes halogenated alkanes) is 2. The van der Waals surface area contributed by atoms with Crippen LogP contribution in [0.5, 0.6) is 0 Å². The van der Waals surface area contributed by atoms with E-state index in [1.54, 1.807) is 12.1 Å². The Hall–Kier alpha value is -1.58. The SMILES string of the molecule is O=S(=O)([O-])CCCCn1/c(=N/c2sc3ccc(Cl)cc3[n+]2CCCCS(=O)(=O)O)sc2ccc(Cl)cc21. The number of rotatable bonds is 11. The first-order chi connectivity index (χ1) is 17.4. The van der Waals surface area contributed by atoms with Crippen LogP contribution in [0, 0.1) is 0 Å². The Bertz CT molecular complexity index is 1730. The molecule has 0 unspecified atom stereocenters. The average Bonchev–Trinajstić information content (AvgIpc) is 3.30. The zero-order valence-electron chi connectivity index (χ0n) is 19.3. The third kappa shape index (κ3) is 7.73. The molecule has 37 heavy (non-hydrogen) atoms. The van der Waals surface area contributed by atoms with Crippen LogP contribution in [0.15, 0.2) is 41.4 Å². The van der Waals surface area contributed by atoms with E-state index in [2.05, 4.69) is 0 Å². The number of thiazole rings is 2. The molecule has 0 aliphatic heterocycles. The summed E-state index contributed by atoms with van der Waals surface area (Å²) in [5, 5.41) is 1.79. The lowest BCUT2D eigenvalue weighted by Gasteiger charge is -2.07. The Morgan fingerprint density at radius 1 is 0.919 bits per heavy atom. The standard InChI is InChI=1S/C22H23Cl2N3O6S4/c23-15-5-7-19-17(13-15)26(9-1-3-11-36(28,29)30)21(34-19)25-22-27(10-2-4-12-37(31,32)33)18-14-16(24)6-8-20(18)35-22/h5-8,13-14H,1-4,9-12H2,(H-,28,29,30,31,32,33). The van der Waals surface area contributed by atoms with E-state index >= 15 is 0 Å². The van der Waals surface area contributed by atoms with Crippen LogP contribution in [-0.4, -0.2) is 42.0 Å². The van der Waals surface area contributed by atoms with Crippen LogP contribution in [0.4, 0.5) is 5.13 Å². The summed E-state index contributed by atoms with van der Waals surface area (Å²) >= 11 is 15.4. The number of aromatic nitrogens is 2. The van der Waals surface area contributed by atoms with Gasteiger partial charge in [-0.3, -0.25) is 9.12 Å². The Kier molecular flexibility index (Phi) is 8.96. The minimum atomic E-state index is -4.28. The monoisotopic (exact) mass is 623 g/mol. The molecule has 0 spiro atoms. The van der Waals surface area contributed by atoms with Gasteiger partial charge in [-0.2, -0.15) is 8.42 Å². The molecule has 0 fully saturated rings. The molecule has 200 valence electrons. The molecule has 0 aliphatic carbocycles. The van der Waals surface area contributed by atoms with Gasteiger partial charge in [-0.15, -0.1) is 0 Å². The Morgan fingerprint density at radius 2 is 1.59 bits per heavy atom. The number of nitrogens with zero attached hydrogens (tertiary/aromatic N) is 3. The fourth-order valence-corrected chi connectivity index (χ4v) is 7.47. The van der Waals surface area contributed by atoms with Gasteiger partial charge in [-0.1, -0.05) is 34.5 Å². The topological polar surface area (TPSA) is 133 Å². The highest BCUT2D eigenvalue weighted by Crippen LogP contribution is 2.29. The average molecular weight is 625 g/mol. The smallest absolute Gasteiger partial charge is 0.386 e. The summed E-state index contributed by atoms with van der Waals surface area (Å²) in [7, 11) is -8.32. The van der Waals surface area contributed by atoms with Gasteiger partial charge in [0.2, 0.25) is 0 Å². The van der Waals surface area contributed by atoms with Crippen LogP contribution in [0.1, 0.15) is 25.7 Å². The first-order valence-electron chi connectivity index (χ1n) is 11.2. The van der Waals surface area contributed by atoms with Gasteiger partial charge in [0.15, 0.2) is 0 Å². The van der Waals surface area contributed by atoms with Gasteiger partial charge in [0.1, 0.15) is 5.52 Å². The lowest BCUT2D eigenvalue weighted by molar-refractivity contribution is -0.655. The van der Waals surface area contributed by atoms with Crippen molar-refractivity contribution in [2.45, 2.75) is 38.8 Å². The molecule has 0 saturated heterocycles. The van der Waals surface area contributed by atoms with Gasteiger partial charge in [-0.25, -0.2) is 13.0 Å². The molecule has 0 radical (unpaired) electrons. The molecular weight excluding hydrogens is 601 g/mol. The first kappa shape index (κ1) is 28.4. The molecule has 0 saturated carbocycles.